The maximum absolute atomic E-state index is 12.2. The minimum Gasteiger partial charge on any atom is -0.350 e. The molecule has 0 radical (unpaired) electrons. The molecule has 0 saturated heterocycles. The van der Waals surface area contributed by atoms with E-state index in [1.807, 2.05) is 0 Å². The number of aromatic amines is 1. The van der Waals surface area contributed by atoms with Crippen LogP contribution in [0, 0.1) is 11.8 Å². The van der Waals surface area contributed by atoms with E-state index in [1.165, 1.54) is 12.8 Å². The minimum absolute atomic E-state index is 0.127. The molecular weight excluding hydrogens is 292 g/mol. The Hall–Kier alpha value is -1.41. The quantitative estimate of drug-likeness (QED) is 0.724. The summed E-state index contributed by atoms with van der Waals surface area (Å²) in [7, 11) is -4.01. The van der Waals surface area contributed by atoms with Crippen LogP contribution in [0.25, 0.3) is 0 Å². The predicted octanol–water partition coefficient (Wildman–Crippen LogP) is 0.956. The zero-order chi connectivity index (χ0) is 15.8. The normalized spacial score (nSPS) is 17.0. The Labute approximate surface area is 124 Å². The van der Waals surface area contributed by atoms with Gasteiger partial charge in [0.2, 0.25) is 10.0 Å². The molecule has 8 heteroatoms. The van der Waals surface area contributed by atoms with Gasteiger partial charge in [-0.05, 0) is 30.6 Å². The number of primary sulfonamides is 1. The smallest absolute Gasteiger partial charge is 0.273 e. The maximum Gasteiger partial charge on any atom is 0.273 e. The van der Waals surface area contributed by atoms with Gasteiger partial charge < -0.3 is 5.32 Å². The molecule has 118 valence electrons. The van der Waals surface area contributed by atoms with Crippen molar-refractivity contribution in [3.8, 4) is 0 Å². The highest BCUT2D eigenvalue weighted by Crippen LogP contribution is 2.36. The highest BCUT2D eigenvalue weighted by Gasteiger charge is 2.31. The van der Waals surface area contributed by atoms with E-state index in [0.717, 1.165) is 0 Å². The lowest BCUT2D eigenvalue weighted by Crippen LogP contribution is -2.31. The van der Waals surface area contributed by atoms with E-state index in [2.05, 4.69) is 22.4 Å². The molecular formula is C13H22N4O3S. The Morgan fingerprint density at radius 2 is 2.05 bits per heavy atom. The van der Waals surface area contributed by atoms with Gasteiger partial charge in [-0.2, -0.15) is 5.10 Å². The lowest BCUT2D eigenvalue weighted by atomic mass is 10.1. The number of rotatable bonds is 6. The third-order valence-electron chi connectivity index (χ3n) is 3.84. The fourth-order valence-electron chi connectivity index (χ4n) is 2.35. The zero-order valence-electron chi connectivity index (χ0n) is 12.5. The van der Waals surface area contributed by atoms with E-state index in [-0.39, 0.29) is 16.5 Å². The molecule has 0 aromatic carbocycles. The van der Waals surface area contributed by atoms with Gasteiger partial charge in [0, 0.05) is 6.54 Å². The SMILES string of the molecule is CC(C)c1[nH]nc(C(=O)NCC(C)C2CC2)c1S(N)(=O)=O. The molecule has 1 unspecified atom stereocenters. The molecule has 1 amide bonds. The van der Waals surface area contributed by atoms with Crippen LogP contribution >= 0.6 is 0 Å². The second-order valence-corrected chi connectivity index (χ2v) is 7.54. The van der Waals surface area contributed by atoms with Crippen LogP contribution in [0.2, 0.25) is 0 Å². The second-order valence-electron chi connectivity index (χ2n) is 6.04. The van der Waals surface area contributed by atoms with Crippen molar-refractivity contribution in [1.29, 1.82) is 0 Å². The van der Waals surface area contributed by atoms with Crippen molar-refractivity contribution in [2.24, 2.45) is 17.0 Å². The van der Waals surface area contributed by atoms with E-state index in [1.54, 1.807) is 13.8 Å². The molecule has 1 aliphatic rings. The molecule has 0 aliphatic heterocycles. The molecule has 1 aromatic rings. The molecule has 0 spiro atoms. The second kappa shape index (κ2) is 5.76. The number of carbonyl (C=O) groups is 1. The molecule has 2 rings (SSSR count). The molecule has 21 heavy (non-hydrogen) atoms. The molecule has 0 bridgehead atoms. The number of H-pyrrole nitrogens is 1. The van der Waals surface area contributed by atoms with E-state index >= 15 is 0 Å². The highest BCUT2D eigenvalue weighted by molar-refractivity contribution is 7.89. The van der Waals surface area contributed by atoms with Crippen LogP contribution in [-0.2, 0) is 10.0 Å². The van der Waals surface area contributed by atoms with Crippen LogP contribution in [0.3, 0.4) is 0 Å². The van der Waals surface area contributed by atoms with E-state index < -0.39 is 15.9 Å². The fourth-order valence-corrected chi connectivity index (χ4v) is 3.34. The van der Waals surface area contributed by atoms with Crippen molar-refractivity contribution >= 4 is 15.9 Å². The Kier molecular flexibility index (Phi) is 4.38. The number of sulfonamides is 1. The first-order chi connectivity index (χ1) is 9.71. The number of hydrogen-bond acceptors (Lipinski definition) is 4. The summed E-state index contributed by atoms with van der Waals surface area (Å²) in [6, 6.07) is 0. The number of aromatic nitrogens is 2. The Balaban J connectivity index is 2.20. The van der Waals surface area contributed by atoms with Crippen molar-refractivity contribution in [3.63, 3.8) is 0 Å². The third-order valence-corrected chi connectivity index (χ3v) is 4.82. The van der Waals surface area contributed by atoms with Gasteiger partial charge >= 0.3 is 0 Å². The van der Waals surface area contributed by atoms with Crippen molar-refractivity contribution < 1.29 is 13.2 Å². The third kappa shape index (κ3) is 3.62. The van der Waals surface area contributed by atoms with E-state index in [4.69, 9.17) is 5.14 Å². The van der Waals surface area contributed by atoms with Crippen molar-refractivity contribution in [2.45, 2.75) is 44.4 Å². The molecule has 7 nitrogen and oxygen atoms in total. The summed E-state index contributed by atoms with van der Waals surface area (Å²) < 4.78 is 23.5. The van der Waals surface area contributed by atoms with Gasteiger partial charge in [-0.3, -0.25) is 9.89 Å². The summed E-state index contributed by atoms with van der Waals surface area (Å²) in [5.74, 6) is 0.413. The van der Waals surface area contributed by atoms with E-state index in [9.17, 15) is 13.2 Å². The van der Waals surface area contributed by atoms with Gasteiger partial charge in [-0.1, -0.05) is 20.8 Å². The van der Waals surface area contributed by atoms with Crippen LogP contribution in [0.4, 0.5) is 0 Å². The van der Waals surface area contributed by atoms with Gasteiger partial charge in [0.05, 0.1) is 5.69 Å². The molecule has 1 heterocycles. The number of carbonyl (C=O) groups excluding carboxylic acids is 1. The first kappa shape index (κ1) is 16.0. The van der Waals surface area contributed by atoms with Crippen LogP contribution < -0.4 is 10.5 Å². The Morgan fingerprint density at radius 3 is 2.52 bits per heavy atom. The van der Waals surface area contributed by atoms with Crippen molar-refractivity contribution in [1.82, 2.24) is 15.5 Å². The number of nitrogens with two attached hydrogens (primary N) is 1. The van der Waals surface area contributed by atoms with Crippen molar-refractivity contribution in [3.05, 3.63) is 11.4 Å². The summed E-state index contributed by atoms with van der Waals surface area (Å²) in [5.41, 5.74) is 0.210. The number of nitrogens with one attached hydrogen (secondary N) is 2. The summed E-state index contributed by atoms with van der Waals surface area (Å²) in [6.07, 6.45) is 2.39. The molecule has 1 atom stereocenters. The first-order valence-corrected chi connectivity index (χ1v) is 8.65. The fraction of sp³-hybridized carbons (Fsp3) is 0.692. The van der Waals surface area contributed by atoms with Crippen LogP contribution in [0.5, 0.6) is 0 Å². The van der Waals surface area contributed by atoms with Crippen LogP contribution in [0.1, 0.15) is 55.7 Å². The molecule has 1 fully saturated rings. The summed E-state index contributed by atoms with van der Waals surface area (Å²) in [6.45, 7) is 6.19. The van der Waals surface area contributed by atoms with Gasteiger partial charge in [0.15, 0.2) is 5.69 Å². The Morgan fingerprint density at radius 1 is 1.43 bits per heavy atom. The average Bonchev–Trinajstić information content (AvgIpc) is 3.11. The number of nitrogens with zero attached hydrogens (tertiary/aromatic N) is 1. The van der Waals surface area contributed by atoms with Gasteiger partial charge in [-0.25, -0.2) is 13.6 Å². The highest BCUT2D eigenvalue weighted by atomic mass is 32.2. The van der Waals surface area contributed by atoms with Gasteiger partial charge in [0.1, 0.15) is 4.90 Å². The monoisotopic (exact) mass is 314 g/mol. The van der Waals surface area contributed by atoms with E-state index in [0.29, 0.717) is 24.1 Å². The zero-order valence-corrected chi connectivity index (χ0v) is 13.3. The van der Waals surface area contributed by atoms with Gasteiger partial charge in [0.25, 0.3) is 5.91 Å². The number of amides is 1. The molecule has 1 aliphatic carbocycles. The lowest BCUT2D eigenvalue weighted by Gasteiger charge is -2.11. The summed E-state index contributed by atoms with van der Waals surface area (Å²) in [4.78, 5) is 12.0. The minimum atomic E-state index is -4.01. The van der Waals surface area contributed by atoms with Crippen LogP contribution in [-0.4, -0.2) is 31.1 Å². The maximum atomic E-state index is 12.2. The average molecular weight is 314 g/mol. The molecule has 1 aromatic heterocycles. The topological polar surface area (TPSA) is 118 Å². The number of hydrogen-bond donors (Lipinski definition) is 3. The van der Waals surface area contributed by atoms with Crippen LogP contribution in [0.15, 0.2) is 4.90 Å². The standard InChI is InChI=1S/C13H22N4O3S/c1-7(2)10-12(21(14,19)20)11(17-16-10)13(18)15-6-8(3)9-4-5-9/h7-9H,4-6H2,1-3H3,(H,15,18)(H,16,17)(H2,14,19,20). The largest absolute Gasteiger partial charge is 0.350 e. The summed E-state index contributed by atoms with van der Waals surface area (Å²) in [5, 5.41) is 14.4. The van der Waals surface area contributed by atoms with Crippen molar-refractivity contribution in [2.75, 3.05) is 6.54 Å². The lowest BCUT2D eigenvalue weighted by molar-refractivity contribution is 0.0938. The van der Waals surface area contributed by atoms with Gasteiger partial charge in [-0.15, -0.1) is 0 Å². The first-order valence-electron chi connectivity index (χ1n) is 7.11. The predicted molar refractivity (Wildman–Crippen MR) is 78.3 cm³/mol. The molecule has 1 saturated carbocycles. The summed E-state index contributed by atoms with van der Waals surface area (Å²) >= 11 is 0. The molecule has 4 N–H and O–H groups in total. The Bertz CT molecular complexity index is 632.